The number of quaternary nitrogens is 1. The molecule has 0 fully saturated rings. The molecule has 0 spiro atoms. The summed E-state index contributed by atoms with van der Waals surface area (Å²) in [4.78, 5) is 22.6. The summed E-state index contributed by atoms with van der Waals surface area (Å²) in [5.41, 5.74) is 0. The highest BCUT2D eigenvalue weighted by Crippen LogP contribution is 2.43. The van der Waals surface area contributed by atoms with Gasteiger partial charge in [-0.3, -0.25) is 13.8 Å². The van der Waals surface area contributed by atoms with Crippen LogP contribution in [0.15, 0.2) is 60.9 Å². The van der Waals surface area contributed by atoms with Crippen molar-refractivity contribution in [3.05, 3.63) is 60.9 Å². The molecule has 2 unspecified atom stereocenters. The Labute approximate surface area is 326 Å². The summed E-state index contributed by atoms with van der Waals surface area (Å²) in [6, 6.07) is 0. The Hall–Kier alpha value is -1.96. The number of phosphoric ester groups is 1. The summed E-state index contributed by atoms with van der Waals surface area (Å²) in [5, 5.41) is 0. The maximum Gasteiger partial charge on any atom is 0.472 e. The fraction of sp³-hybridized carbons (Fsp3) is 0.750. The number of allylic oxidation sites excluding steroid dienone is 9. The molecule has 53 heavy (non-hydrogen) atoms. The molecule has 1 N–H and O–H groups in total. The van der Waals surface area contributed by atoms with Crippen molar-refractivity contribution in [2.45, 2.75) is 168 Å². The smallest absolute Gasteiger partial charge is 0.472 e. The highest BCUT2D eigenvalue weighted by molar-refractivity contribution is 7.47. The Morgan fingerprint density at radius 2 is 1.06 bits per heavy atom. The normalized spacial score (nSPS) is 14.4. The molecule has 0 aliphatic carbocycles. The zero-order chi connectivity index (χ0) is 39.1. The number of nitrogens with zero attached hydrogens (tertiary/aromatic N) is 1. The second-order valence-electron chi connectivity index (χ2n) is 15.1. The van der Waals surface area contributed by atoms with Gasteiger partial charge in [-0.05, 0) is 89.5 Å². The van der Waals surface area contributed by atoms with Crippen LogP contribution in [0, 0.1) is 0 Å². The average Bonchev–Trinajstić information content (AvgIpc) is 3.11. The standard InChI is InChI=1S/C44H80NO7P/c1-6-8-10-12-14-16-18-20-22-24-26-28-30-32-34-36-39-49-43(42-52-53(47,48)51-40-38-45(3,4)5)41-50-44(46)37-35-33-31-29-27-25-23-21-19-17-15-13-11-9-7-2/h15,17,20-23,27,29,36,39,43H,6-14,16,18-19,24-26,28,30-35,37-38,40-42H2,1-5H3/p+1/b17-15-,22-20-,23-21-,29-27-,39-36-. The lowest BCUT2D eigenvalue weighted by atomic mass is 10.1. The van der Waals surface area contributed by atoms with Crippen molar-refractivity contribution in [3.8, 4) is 0 Å². The van der Waals surface area contributed by atoms with Crippen LogP contribution in [0.3, 0.4) is 0 Å². The van der Waals surface area contributed by atoms with Crippen LogP contribution in [0.5, 0.6) is 0 Å². The number of unbranched alkanes of at least 4 members (excludes halogenated alkanes) is 16. The lowest BCUT2D eigenvalue weighted by Gasteiger charge is -2.24. The van der Waals surface area contributed by atoms with E-state index >= 15 is 0 Å². The third-order valence-electron chi connectivity index (χ3n) is 8.64. The third-order valence-corrected chi connectivity index (χ3v) is 9.62. The summed E-state index contributed by atoms with van der Waals surface area (Å²) in [6.45, 7) is 4.80. The predicted molar refractivity (Wildman–Crippen MR) is 224 cm³/mol. The van der Waals surface area contributed by atoms with Crippen LogP contribution >= 0.6 is 7.82 Å². The Kier molecular flexibility index (Phi) is 35.6. The molecule has 0 radical (unpaired) electrons. The van der Waals surface area contributed by atoms with Crippen molar-refractivity contribution in [1.82, 2.24) is 0 Å². The molecule has 9 heteroatoms. The molecule has 8 nitrogen and oxygen atoms in total. The lowest BCUT2D eigenvalue weighted by Crippen LogP contribution is -2.37. The first-order valence-electron chi connectivity index (χ1n) is 21.1. The van der Waals surface area contributed by atoms with Gasteiger partial charge in [-0.15, -0.1) is 0 Å². The fourth-order valence-corrected chi connectivity index (χ4v) is 5.98. The number of phosphoric acid groups is 1. The van der Waals surface area contributed by atoms with Gasteiger partial charge < -0.3 is 18.9 Å². The van der Waals surface area contributed by atoms with Crippen molar-refractivity contribution >= 4 is 13.8 Å². The zero-order valence-electron chi connectivity index (χ0n) is 34.7. The van der Waals surface area contributed by atoms with Gasteiger partial charge in [0.2, 0.25) is 0 Å². The second-order valence-corrected chi connectivity index (χ2v) is 16.5. The zero-order valence-corrected chi connectivity index (χ0v) is 35.6. The summed E-state index contributed by atoms with van der Waals surface area (Å²) >= 11 is 0. The van der Waals surface area contributed by atoms with E-state index in [1.54, 1.807) is 6.26 Å². The van der Waals surface area contributed by atoms with Gasteiger partial charge >= 0.3 is 13.8 Å². The van der Waals surface area contributed by atoms with E-state index < -0.39 is 13.9 Å². The molecule has 0 aromatic heterocycles. The summed E-state index contributed by atoms with van der Waals surface area (Å²) in [5.74, 6) is -0.319. The number of carbonyl (C=O) groups excluding carboxylic acids is 1. The lowest BCUT2D eigenvalue weighted by molar-refractivity contribution is -0.870. The van der Waals surface area contributed by atoms with E-state index in [-0.39, 0.29) is 25.8 Å². The van der Waals surface area contributed by atoms with Gasteiger partial charge in [-0.2, -0.15) is 0 Å². The quantitative estimate of drug-likeness (QED) is 0.0167. The van der Waals surface area contributed by atoms with Gasteiger partial charge in [-0.25, -0.2) is 4.57 Å². The molecule has 0 aromatic rings. The Morgan fingerprint density at radius 1 is 0.604 bits per heavy atom. The minimum atomic E-state index is -4.28. The molecule has 0 aliphatic rings. The molecule has 0 heterocycles. The van der Waals surface area contributed by atoms with Crippen molar-refractivity contribution in [2.75, 3.05) is 47.5 Å². The summed E-state index contributed by atoms with van der Waals surface area (Å²) in [6.07, 6.45) is 46.4. The Morgan fingerprint density at radius 3 is 1.62 bits per heavy atom. The number of esters is 1. The number of ether oxygens (including phenoxy) is 2. The molecule has 0 saturated heterocycles. The Balaban J connectivity index is 4.41. The molecular formula is C44H81NO7P+. The maximum absolute atomic E-state index is 12.5. The largest absolute Gasteiger partial charge is 0.492 e. The summed E-state index contributed by atoms with van der Waals surface area (Å²) < 4.78 is 34.7. The van der Waals surface area contributed by atoms with Crippen molar-refractivity contribution in [3.63, 3.8) is 0 Å². The molecule has 0 amide bonds. The van der Waals surface area contributed by atoms with Crippen LogP contribution in [-0.2, 0) is 27.9 Å². The first kappa shape index (κ1) is 51.0. The molecule has 2 atom stereocenters. The van der Waals surface area contributed by atoms with Crippen molar-refractivity contribution in [1.29, 1.82) is 0 Å². The van der Waals surface area contributed by atoms with Crippen LogP contribution in [0.1, 0.15) is 162 Å². The van der Waals surface area contributed by atoms with Crippen LogP contribution in [0.2, 0.25) is 0 Å². The minimum Gasteiger partial charge on any atom is -0.492 e. The highest BCUT2D eigenvalue weighted by atomic mass is 31.2. The van der Waals surface area contributed by atoms with E-state index in [0.29, 0.717) is 17.4 Å². The predicted octanol–water partition coefficient (Wildman–Crippen LogP) is 12.5. The monoisotopic (exact) mass is 767 g/mol. The number of hydrogen-bond acceptors (Lipinski definition) is 6. The topological polar surface area (TPSA) is 91.3 Å². The maximum atomic E-state index is 12.5. The van der Waals surface area contributed by atoms with E-state index in [1.807, 2.05) is 27.2 Å². The molecule has 0 bridgehead atoms. The Bertz CT molecular complexity index is 1030. The SMILES string of the molecule is CCCCC/C=C\C/C=C\C/C=C\CCCCC(=O)OCC(COP(=O)(O)OCC[N+](C)(C)C)O/C=C\CCCCCC/C=C\CCCCCCCC. The van der Waals surface area contributed by atoms with Gasteiger partial charge in [0.15, 0.2) is 6.10 Å². The first-order valence-corrected chi connectivity index (χ1v) is 22.6. The van der Waals surface area contributed by atoms with Gasteiger partial charge in [-0.1, -0.05) is 120 Å². The minimum absolute atomic E-state index is 0.0748. The van der Waals surface area contributed by atoms with E-state index in [2.05, 4.69) is 62.5 Å². The number of hydrogen-bond donors (Lipinski definition) is 1. The number of rotatable bonds is 38. The van der Waals surface area contributed by atoms with Gasteiger partial charge in [0.25, 0.3) is 0 Å². The fourth-order valence-electron chi connectivity index (χ4n) is 5.24. The van der Waals surface area contributed by atoms with E-state index in [1.165, 1.54) is 83.5 Å². The highest BCUT2D eigenvalue weighted by Gasteiger charge is 2.25. The van der Waals surface area contributed by atoms with Gasteiger partial charge in [0.1, 0.15) is 19.8 Å². The van der Waals surface area contributed by atoms with E-state index in [4.69, 9.17) is 18.5 Å². The first-order chi connectivity index (χ1) is 25.6. The average molecular weight is 767 g/mol. The molecule has 0 aliphatic heterocycles. The van der Waals surface area contributed by atoms with Crippen LogP contribution in [-0.4, -0.2) is 69.0 Å². The van der Waals surface area contributed by atoms with Gasteiger partial charge in [0.05, 0.1) is 34.0 Å². The van der Waals surface area contributed by atoms with Crippen LogP contribution < -0.4 is 0 Å². The number of carbonyl (C=O) groups is 1. The van der Waals surface area contributed by atoms with Crippen LogP contribution in [0.25, 0.3) is 0 Å². The summed E-state index contributed by atoms with van der Waals surface area (Å²) in [7, 11) is 1.64. The van der Waals surface area contributed by atoms with Crippen molar-refractivity contribution in [2.24, 2.45) is 0 Å². The molecular weight excluding hydrogens is 685 g/mol. The number of likely N-dealkylation sites (N-methyl/N-ethyl adjacent to an activating group) is 1. The van der Waals surface area contributed by atoms with Crippen LogP contribution in [0.4, 0.5) is 0 Å². The molecule has 308 valence electrons. The van der Waals surface area contributed by atoms with E-state index in [0.717, 1.165) is 57.8 Å². The second kappa shape index (κ2) is 37.0. The molecule has 0 rings (SSSR count). The molecule has 0 saturated carbocycles. The third kappa shape index (κ3) is 41.1. The van der Waals surface area contributed by atoms with E-state index in [9.17, 15) is 14.3 Å². The molecule has 0 aromatic carbocycles. The van der Waals surface area contributed by atoms with Crippen molar-refractivity contribution < 1.29 is 37.3 Å². The van der Waals surface area contributed by atoms with Gasteiger partial charge in [0, 0.05) is 6.42 Å².